The van der Waals surface area contributed by atoms with E-state index in [0.717, 1.165) is 9.79 Å². The van der Waals surface area contributed by atoms with Gasteiger partial charge in [-0.1, -0.05) is 0 Å². The summed E-state index contributed by atoms with van der Waals surface area (Å²) in [5, 5.41) is 5.53. The maximum Gasteiger partial charge on any atom is 0.341 e. The first-order valence-electron chi connectivity index (χ1n) is 13.6. The van der Waals surface area contributed by atoms with E-state index >= 15 is 0 Å². The first kappa shape index (κ1) is 36.4. The monoisotopic (exact) mass is 686 g/mol. The number of benzene rings is 2. The molecule has 0 bridgehead atoms. The average Bonchev–Trinajstić information content (AvgIpc) is 3.03. The van der Waals surface area contributed by atoms with Crippen LogP contribution in [-0.4, -0.2) is 46.0 Å². The lowest BCUT2D eigenvalue weighted by Gasteiger charge is -2.16. The zero-order valence-corrected chi connectivity index (χ0v) is 27.4. The van der Waals surface area contributed by atoms with Crippen molar-refractivity contribution in [2.45, 2.75) is 16.2 Å². The molecule has 0 unspecified atom stereocenters. The predicted molar refractivity (Wildman–Crippen MR) is 179 cm³/mol. The van der Waals surface area contributed by atoms with Gasteiger partial charge >= 0.3 is 5.97 Å². The second kappa shape index (κ2) is 16.5. The number of pyridine rings is 2. The van der Waals surface area contributed by atoms with Gasteiger partial charge in [-0.2, -0.15) is 0 Å². The molecule has 0 radical (unpaired) electrons. The van der Waals surface area contributed by atoms with Crippen LogP contribution in [0.15, 0.2) is 80.0 Å². The average molecular weight is 687 g/mol. The number of nitrogens with two attached hydrogens (primary N) is 2. The fraction of sp³-hybridized carbons (Fsp3) is 0.194. The first-order valence-corrected chi connectivity index (χ1v) is 16.1. The minimum Gasteiger partial charge on any atom is -0.461 e. The predicted octanol–water partition coefficient (Wildman–Crippen LogP) is 4.11. The minimum absolute atomic E-state index is 0.0323. The van der Waals surface area contributed by atoms with Gasteiger partial charge in [0, 0.05) is 36.0 Å². The molecule has 248 valence electrons. The Bertz CT molecular complexity index is 1930. The van der Waals surface area contributed by atoms with Crippen LogP contribution in [0.2, 0.25) is 0 Å². The molecule has 2 aromatic carbocycles. The molecule has 0 aliphatic carbocycles. The lowest BCUT2D eigenvalue weighted by molar-refractivity contribution is -0.118. The van der Waals surface area contributed by atoms with Gasteiger partial charge in [-0.3, -0.25) is 28.3 Å². The highest BCUT2D eigenvalue weighted by molar-refractivity contribution is 7.98. The molecule has 0 saturated carbocycles. The Hall–Kier alpha value is -5.09. The third-order valence-corrected chi connectivity index (χ3v) is 8.00. The Balaban J connectivity index is 0.000000261. The third kappa shape index (κ3) is 9.46. The highest BCUT2D eigenvalue weighted by atomic mass is 32.2. The van der Waals surface area contributed by atoms with E-state index in [1.54, 1.807) is 18.2 Å². The zero-order valence-electron chi connectivity index (χ0n) is 25.8. The number of carbonyl (C=O) groups is 3. The summed E-state index contributed by atoms with van der Waals surface area (Å²) < 4.78 is 35.6. The van der Waals surface area contributed by atoms with Gasteiger partial charge in [-0.05, 0) is 61.0 Å². The van der Waals surface area contributed by atoms with Crippen LogP contribution < -0.4 is 33.2 Å². The molecule has 2 aromatic heterocycles. The van der Waals surface area contributed by atoms with Gasteiger partial charge in [0.15, 0.2) is 0 Å². The van der Waals surface area contributed by atoms with E-state index in [-0.39, 0.29) is 58.3 Å². The summed E-state index contributed by atoms with van der Waals surface area (Å²) in [5.74, 6) is -2.83. The number of amides is 2. The lowest BCUT2D eigenvalue weighted by Crippen LogP contribution is -2.24. The van der Waals surface area contributed by atoms with Crippen LogP contribution in [0.3, 0.4) is 0 Å². The van der Waals surface area contributed by atoms with Crippen molar-refractivity contribution in [3.05, 3.63) is 104 Å². The molecule has 0 aliphatic heterocycles. The number of esters is 1. The number of halogens is 2. The van der Waals surface area contributed by atoms with Crippen LogP contribution in [0.1, 0.15) is 27.1 Å². The van der Waals surface area contributed by atoms with E-state index in [1.165, 1.54) is 89.2 Å². The SMILES string of the molecule is CSc1ccc(Nc2c(C(=O)OCCC(N)=O)ccc(=O)n2C)c(F)c1.CSc1ccc(Nc2c(C(N)=O)ccc(=O)n2C)c(F)c1. The van der Waals surface area contributed by atoms with Crippen LogP contribution in [0.4, 0.5) is 31.8 Å². The number of anilines is 4. The lowest BCUT2D eigenvalue weighted by atomic mass is 10.2. The number of ether oxygens (including phenoxy) is 1. The van der Waals surface area contributed by atoms with Crippen molar-refractivity contribution in [1.82, 2.24) is 9.13 Å². The van der Waals surface area contributed by atoms with Crippen molar-refractivity contribution in [2.24, 2.45) is 25.6 Å². The van der Waals surface area contributed by atoms with Gasteiger partial charge in [0.05, 0.1) is 23.4 Å². The Morgan fingerprint density at radius 3 is 1.60 bits per heavy atom. The fourth-order valence-corrected chi connectivity index (χ4v) is 4.81. The summed E-state index contributed by atoms with van der Waals surface area (Å²) in [4.78, 5) is 59.5. The smallest absolute Gasteiger partial charge is 0.341 e. The molecule has 0 aliphatic rings. The van der Waals surface area contributed by atoms with Gasteiger partial charge < -0.3 is 26.8 Å². The van der Waals surface area contributed by atoms with E-state index in [4.69, 9.17) is 16.2 Å². The summed E-state index contributed by atoms with van der Waals surface area (Å²) >= 11 is 2.80. The van der Waals surface area contributed by atoms with Crippen molar-refractivity contribution < 1.29 is 27.9 Å². The van der Waals surface area contributed by atoms with E-state index in [1.807, 2.05) is 12.5 Å². The van der Waals surface area contributed by atoms with Crippen molar-refractivity contribution in [2.75, 3.05) is 29.8 Å². The molecule has 0 spiro atoms. The summed E-state index contributed by atoms with van der Waals surface area (Å²) in [6.07, 6.45) is 3.54. The van der Waals surface area contributed by atoms with E-state index in [9.17, 15) is 32.8 Å². The molecule has 16 heteroatoms. The van der Waals surface area contributed by atoms with Gasteiger partial charge in [-0.15, -0.1) is 23.5 Å². The van der Waals surface area contributed by atoms with Crippen molar-refractivity contribution in [3.8, 4) is 0 Å². The quantitative estimate of drug-likeness (QED) is 0.132. The summed E-state index contributed by atoms with van der Waals surface area (Å²) in [6.45, 7) is -0.187. The number of carbonyl (C=O) groups excluding carboxylic acids is 3. The Morgan fingerprint density at radius 1 is 0.745 bits per heavy atom. The molecule has 12 nitrogen and oxygen atoms in total. The molecule has 2 amide bonds. The van der Waals surface area contributed by atoms with E-state index in [2.05, 4.69) is 10.6 Å². The number of hydrogen-bond donors (Lipinski definition) is 4. The number of hydrogen-bond acceptors (Lipinski definition) is 10. The molecule has 0 saturated heterocycles. The number of aromatic nitrogens is 2. The van der Waals surface area contributed by atoms with Crippen LogP contribution in [0.25, 0.3) is 0 Å². The normalized spacial score (nSPS) is 10.4. The number of thioether (sulfide) groups is 2. The maximum absolute atomic E-state index is 14.2. The standard InChI is InChI=1S/C17H18FN3O4S.C14H14FN3O2S/c1-21-15(23)6-4-11(17(24)25-8-7-14(19)22)16(21)20-13-5-3-10(26-2)9-12(13)18;1-18-12(19)6-4-9(13(16)20)14(18)17-11-5-3-8(21-2)7-10(11)15/h3-6,9,20H,7-8H2,1-2H3,(H2,19,22);3-7,17H,1-2H3,(H2,16,20). The first-order chi connectivity index (χ1) is 22.3. The Morgan fingerprint density at radius 2 is 1.19 bits per heavy atom. The molecule has 6 N–H and O–H groups in total. The fourth-order valence-electron chi connectivity index (χ4n) is 3.96. The van der Waals surface area contributed by atoms with Gasteiger partial charge in [0.2, 0.25) is 5.91 Å². The molecule has 0 atom stereocenters. The summed E-state index contributed by atoms with van der Waals surface area (Å²) in [5.41, 5.74) is 9.98. The largest absolute Gasteiger partial charge is 0.461 e. The highest BCUT2D eigenvalue weighted by Crippen LogP contribution is 2.27. The van der Waals surface area contributed by atoms with Crippen LogP contribution in [0, 0.1) is 11.6 Å². The molecular formula is C31H32F2N6O6S2. The third-order valence-electron chi connectivity index (χ3n) is 6.55. The molecule has 0 fully saturated rings. The van der Waals surface area contributed by atoms with E-state index in [0.29, 0.717) is 0 Å². The summed E-state index contributed by atoms with van der Waals surface area (Å²) in [6, 6.07) is 14.3. The van der Waals surface area contributed by atoms with Crippen molar-refractivity contribution >= 4 is 64.3 Å². The van der Waals surface area contributed by atoms with Crippen LogP contribution in [-0.2, 0) is 23.6 Å². The van der Waals surface area contributed by atoms with Crippen molar-refractivity contribution in [1.29, 1.82) is 0 Å². The highest BCUT2D eigenvalue weighted by Gasteiger charge is 2.18. The topological polar surface area (TPSA) is 181 Å². The Labute approximate surface area is 276 Å². The van der Waals surface area contributed by atoms with Crippen LogP contribution >= 0.6 is 23.5 Å². The Kier molecular flexibility index (Phi) is 12.7. The molecule has 47 heavy (non-hydrogen) atoms. The van der Waals surface area contributed by atoms with Gasteiger partial charge in [0.25, 0.3) is 17.0 Å². The van der Waals surface area contributed by atoms with Crippen LogP contribution in [0.5, 0.6) is 0 Å². The molecule has 4 rings (SSSR count). The van der Waals surface area contributed by atoms with Gasteiger partial charge in [-0.25, -0.2) is 13.6 Å². The molecular weight excluding hydrogens is 655 g/mol. The van der Waals surface area contributed by atoms with E-state index < -0.39 is 29.4 Å². The second-order valence-corrected chi connectivity index (χ2v) is 11.4. The molecule has 2 heterocycles. The van der Waals surface area contributed by atoms with Crippen molar-refractivity contribution in [3.63, 3.8) is 0 Å². The number of nitrogens with zero attached hydrogens (tertiary/aromatic N) is 2. The number of rotatable bonds is 11. The minimum atomic E-state index is -0.759. The number of primary amides is 2. The second-order valence-electron chi connectivity index (χ2n) is 9.64. The maximum atomic E-state index is 14.2. The number of nitrogens with one attached hydrogen (secondary N) is 2. The zero-order chi connectivity index (χ0) is 34.8. The summed E-state index contributed by atoms with van der Waals surface area (Å²) in [7, 11) is 2.92. The molecule has 4 aromatic rings. The van der Waals surface area contributed by atoms with Gasteiger partial charge in [0.1, 0.15) is 35.4 Å².